The van der Waals surface area contributed by atoms with E-state index in [2.05, 4.69) is 6.92 Å². The number of hydrogen-bond donors (Lipinski definition) is 0. The van der Waals surface area contributed by atoms with Crippen LogP contribution in [-0.4, -0.2) is 36.5 Å². The molecule has 0 saturated carbocycles. The highest BCUT2D eigenvalue weighted by Crippen LogP contribution is 2.21. The Hall–Kier alpha value is 0.250. The van der Waals surface area contributed by atoms with Crippen molar-refractivity contribution in [2.24, 2.45) is 0 Å². The van der Waals surface area contributed by atoms with Crippen molar-refractivity contribution < 1.29 is 4.48 Å². The van der Waals surface area contributed by atoms with E-state index in [1.165, 1.54) is 69.2 Å². The first-order chi connectivity index (χ1) is 6.83. The summed E-state index contributed by atoms with van der Waals surface area (Å²) in [5, 5.41) is 0. The van der Waals surface area contributed by atoms with Gasteiger partial charge in [-0.2, -0.15) is 0 Å². The van der Waals surface area contributed by atoms with E-state index in [1.807, 2.05) is 0 Å². The molecule has 1 heterocycles. The van der Waals surface area contributed by atoms with E-state index in [9.17, 15) is 0 Å². The fourth-order valence-corrected chi connectivity index (χ4v) is 2.95. The number of likely N-dealkylation sites (tertiary alicyclic amines) is 1. The minimum Gasteiger partial charge on any atom is -0.324 e. The molecule has 84 valence electrons. The zero-order valence-corrected chi connectivity index (χ0v) is 10.4. The number of hydrogen-bond acceptors (Lipinski definition) is 0. The maximum Gasteiger partial charge on any atom is 0.0788 e. The Morgan fingerprint density at radius 3 is 2.29 bits per heavy atom. The Labute approximate surface area is 94.0 Å². The lowest BCUT2D eigenvalue weighted by atomic mass is 10.2. The molecule has 0 spiro atoms. The number of nitrogens with zero attached hydrogens (tertiary/aromatic N) is 1. The van der Waals surface area contributed by atoms with Gasteiger partial charge in [0.1, 0.15) is 0 Å². The maximum absolute atomic E-state index is 5.69. The number of rotatable bonds is 7. The fraction of sp³-hybridized carbons (Fsp3) is 1.00. The first-order valence-electron chi connectivity index (χ1n) is 6.24. The van der Waals surface area contributed by atoms with Gasteiger partial charge in [-0.3, -0.25) is 0 Å². The Balaban J connectivity index is 2.21. The van der Waals surface area contributed by atoms with Crippen LogP contribution in [0.2, 0.25) is 0 Å². The largest absolute Gasteiger partial charge is 0.324 e. The molecule has 0 atom stereocenters. The normalized spacial score (nSPS) is 20.1. The second-order valence-corrected chi connectivity index (χ2v) is 5.07. The maximum atomic E-state index is 5.69. The number of unbranched alkanes of at least 4 members (excludes halogenated alkanes) is 2. The van der Waals surface area contributed by atoms with Gasteiger partial charge in [-0.1, -0.05) is 6.92 Å². The minimum absolute atomic E-state index is 0.841. The topological polar surface area (TPSA) is 0 Å². The van der Waals surface area contributed by atoms with E-state index >= 15 is 0 Å². The van der Waals surface area contributed by atoms with E-state index in [4.69, 9.17) is 11.6 Å². The first kappa shape index (κ1) is 12.3. The molecule has 1 nitrogen and oxygen atoms in total. The molecule has 0 unspecified atom stereocenters. The summed E-state index contributed by atoms with van der Waals surface area (Å²) in [6, 6.07) is 0. The zero-order chi connectivity index (χ0) is 10.3. The molecule has 1 rings (SSSR count). The van der Waals surface area contributed by atoms with Crippen LogP contribution in [0.3, 0.4) is 0 Å². The van der Waals surface area contributed by atoms with E-state index in [0.717, 1.165) is 5.88 Å². The third-order valence-electron chi connectivity index (χ3n) is 3.48. The standard InChI is InChI=1S/C12H25ClN/c1-2-9-14(11-6-7-12-14)10-5-3-4-8-13/h2-12H2,1H3/q+1. The van der Waals surface area contributed by atoms with Crippen molar-refractivity contribution in [2.45, 2.75) is 45.4 Å². The third-order valence-corrected chi connectivity index (χ3v) is 3.75. The Morgan fingerprint density at radius 1 is 1.00 bits per heavy atom. The smallest absolute Gasteiger partial charge is 0.0788 e. The van der Waals surface area contributed by atoms with Crippen LogP contribution >= 0.6 is 11.6 Å². The average Bonchev–Trinajstić information content (AvgIpc) is 2.63. The fourth-order valence-electron chi connectivity index (χ4n) is 2.76. The van der Waals surface area contributed by atoms with Gasteiger partial charge in [0, 0.05) is 18.7 Å². The molecule has 0 N–H and O–H groups in total. The molecule has 0 radical (unpaired) electrons. The summed E-state index contributed by atoms with van der Waals surface area (Å²) in [5.41, 5.74) is 0. The minimum atomic E-state index is 0.841. The van der Waals surface area contributed by atoms with Crippen LogP contribution in [0.25, 0.3) is 0 Å². The summed E-state index contributed by atoms with van der Waals surface area (Å²) in [4.78, 5) is 0. The van der Waals surface area contributed by atoms with E-state index in [-0.39, 0.29) is 0 Å². The summed E-state index contributed by atoms with van der Waals surface area (Å²) >= 11 is 5.69. The predicted octanol–water partition coefficient (Wildman–Crippen LogP) is 3.42. The predicted molar refractivity (Wildman–Crippen MR) is 63.8 cm³/mol. The number of halogens is 1. The van der Waals surface area contributed by atoms with Gasteiger partial charge in [-0.25, -0.2) is 0 Å². The monoisotopic (exact) mass is 218 g/mol. The molecule has 0 aromatic heterocycles. The van der Waals surface area contributed by atoms with Gasteiger partial charge >= 0.3 is 0 Å². The van der Waals surface area contributed by atoms with Gasteiger partial charge in [-0.15, -0.1) is 11.6 Å². The molecular formula is C12H25ClN+. The molecule has 0 bridgehead atoms. The summed E-state index contributed by atoms with van der Waals surface area (Å²) in [6.45, 7) is 8.01. The van der Waals surface area contributed by atoms with Gasteiger partial charge in [0.05, 0.1) is 26.2 Å². The van der Waals surface area contributed by atoms with Crippen molar-refractivity contribution in [3.63, 3.8) is 0 Å². The van der Waals surface area contributed by atoms with Crippen molar-refractivity contribution >= 4 is 11.6 Å². The Kier molecular flexibility index (Phi) is 5.88. The Morgan fingerprint density at radius 2 is 1.71 bits per heavy atom. The van der Waals surface area contributed by atoms with Gasteiger partial charge in [-0.05, 0) is 25.7 Å². The summed E-state index contributed by atoms with van der Waals surface area (Å²) in [6.07, 6.45) is 8.16. The van der Waals surface area contributed by atoms with Crippen molar-refractivity contribution in [3.05, 3.63) is 0 Å². The van der Waals surface area contributed by atoms with Crippen LogP contribution in [0.15, 0.2) is 0 Å². The second-order valence-electron chi connectivity index (χ2n) is 4.69. The van der Waals surface area contributed by atoms with Crippen molar-refractivity contribution in [1.29, 1.82) is 0 Å². The van der Waals surface area contributed by atoms with Crippen LogP contribution in [-0.2, 0) is 0 Å². The van der Waals surface area contributed by atoms with Crippen LogP contribution < -0.4 is 0 Å². The van der Waals surface area contributed by atoms with Crippen LogP contribution in [0.1, 0.15) is 45.4 Å². The number of alkyl halides is 1. The van der Waals surface area contributed by atoms with E-state index in [0.29, 0.717) is 0 Å². The van der Waals surface area contributed by atoms with E-state index < -0.39 is 0 Å². The first-order valence-corrected chi connectivity index (χ1v) is 6.77. The summed E-state index contributed by atoms with van der Waals surface area (Å²) in [5.74, 6) is 0.841. The highest BCUT2D eigenvalue weighted by Gasteiger charge is 2.29. The lowest BCUT2D eigenvalue weighted by Gasteiger charge is -2.34. The quantitative estimate of drug-likeness (QED) is 0.349. The Bertz CT molecular complexity index is 141. The zero-order valence-electron chi connectivity index (χ0n) is 9.60. The lowest BCUT2D eigenvalue weighted by Crippen LogP contribution is -2.46. The van der Waals surface area contributed by atoms with Crippen LogP contribution in [0, 0.1) is 0 Å². The molecule has 0 aromatic rings. The molecular weight excluding hydrogens is 194 g/mol. The van der Waals surface area contributed by atoms with Crippen LogP contribution in [0.4, 0.5) is 0 Å². The van der Waals surface area contributed by atoms with Gasteiger partial charge in [0.15, 0.2) is 0 Å². The summed E-state index contributed by atoms with van der Waals surface area (Å²) < 4.78 is 1.42. The van der Waals surface area contributed by atoms with Crippen molar-refractivity contribution in [2.75, 3.05) is 32.1 Å². The summed E-state index contributed by atoms with van der Waals surface area (Å²) in [7, 11) is 0. The molecule has 1 fully saturated rings. The molecule has 0 aliphatic carbocycles. The molecule has 14 heavy (non-hydrogen) atoms. The second kappa shape index (κ2) is 6.68. The molecule has 0 amide bonds. The lowest BCUT2D eigenvalue weighted by molar-refractivity contribution is -0.917. The molecule has 1 saturated heterocycles. The number of quaternary nitrogens is 1. The van der Waals surface area contributed by atoms with Crippen molar-refractivity contribution in [1.82, 2.24) is 0 Å². The van der Waals surface area contributed by atoms with Crippen molar-refractivity contribution in [3.8, 4) is 0 Å². The highest BCUT2D eigenvalue weighted by atomic mass is 35.5. The molecule has 0 aromatic carbocycles. The van der Waals surface area contributed by atoms with Gasteiger partial charge in [0.25, 0.3) is 0 Å². The molecule has 1 aliphatic heterocycles. The van der Waals surface area contributed by atoms with Gasteiger partial charge in [0.2, 0.25) is 0 Å². The van der Waals surface area contributed by atoms with E-state index in [1.54, 1.807) is 0 Å². The SMILES string of the molecule is CCC[N+]1(CCCCCCl)CCCC1. The molecule has 1 aliphatic rings. The molecule has 2 heteroatoms. The highest BCUT2D eigenvalue weighted by molar-refractivity contribution is 6.17. The third kappa shape index (κ3) is 3.78. The average molecular weight is 219 g/mol. The van der Waals surface area contributed by atoms with Gasteiger partial charge < -0.3 is 4.48 Å². The van der Waals surface area contributed by atoms with Crippen LogP contribution in [0.5, 0.6) is 0 Å².